The molecule has 0 aromatic rings. The molecule has 2 fully saturated rings. The number of hydrogen-bond donors (Lipinski definition) is 2. The Labute approximate surface area is 130 Å². The first-order chi connectivity index (χ1) is 10.2. The lowest BCUT2D eigenvalue weighted by molar-refractivity contribution is -0.126. The van der Waals surface area contributed by atoms with E-state index in [-0.39, 0.29) is 5.92 Å². The molecule has 2 aliphatic carbocycles. The summed E-state index contributed by atoms with van der Waals surface area (Å²) in [6.45, 7) is 4.01. The molecular weight excluding hydrogens is 260 g/mol. The molecular formula is C18H34N2O. The lowest BCUT2D eigenvalue weighted by Gasteiger charge is -2.29. The molecule has 21 heavy (non-hydrogen) atoms. The molecule has 122 valence electrons. The lowest BCUT2D eigenvalue weighted by Crippen LogP contribution is -2.35. The second-order valence-electron chi connectivity index (χ2n) is 7.52. The van der Waals surface area contributed by atoms with E-state index in [1.54, 1.807) is 0 Å². The SMILES string of the molecule is CC1CCCC(CCNC(=O)C2CCCC(CCN)C2)C1. The zero-order chi connectivity index (χ0) is 15.1. The van der Waals surface area contributed by atoms with E-state index in [0.717, 1.165) is 44.2 Å². The van der Waals surface area contributed by atoms with Gasteiger partial charge in [-0.3, -0.25) is 4.79 Å². The molecule has 0 spiro atoms. The number of nitrogens with two attached hydrogens (primary N) is 1. The molecule has 3 heteroatoms. The predicted octanol–water partition coefficient (Wildman–Crippen LogP) is 3.47. The molecule has 0 bridgehead atoms. The Morgan fingerprint density at radius 1 is 1.05 bits per heavy atom. The van der Waals surface area contributed by atoms with Gasteiger partial charge in [-0.25, -0.2) is 0 Å². The van der Waals surface area contributed by atoms with Crippen molar-refractivity contribution in [2.45, 2.75) is 71.1 Å². The van der Waals surface area contributed by atoms with Crippen LogP contribution >= 0.6 is 0 Å². The third kappa shape index (κ3) is 5.61. The van der Waals surface area contributed by atoms with Crippen LogP contribution in [0.5, 0.6) is 0 Å². The highest BCUT2D eigenvalue weighted by Crippen LogP contribution is 2.32. The second kappa shape index (κ2) is 8.77. The van der Waals surface area contributed by atoms with E-state index >= 15 is 0 Å². The molecule has 0 radical (unpaired) electrons. The lowest BCUT2D eigenvalue weighted by atomic mass is 9.79. The van der Waals surface area contributed by atoms with Crippen LogP contribution in [0.3, 0.4) is 0 Å². The van der Waals surface area contributed by atoms with Crippen molar-refractivity contribution >= 4 is 5.91 Å². The van der Waals surface area contributed by atoms with Crippen molar-refractivity contribution < 1.29 is 4.79 Å². The molecule has 0 aliphatic heterocycles. The third-order valence-corrected chi connectivity index (χ3v) is 5.63. The molecule has 0 heterocycles. The molecule has 2 aliphatic rings. The minimum atomic E-state index is 0.251. The van der Waals surface area contributed by atoms with Gasteiger partial charge in [0.05, 0.1) is 0 Å². The number of amides is 1. The van der Waals surface area contributed by atoms with Crippen LogP contribution in [0.25, 0.3) is 0 Å². The van der Waals surface area contributed by atoms with Gasteiger partial charge in [0.15, 0.2) is 0 Å². The van der Waals surface area contributed by atoms with Crippen LogP contribution in [0.2, 0.25) is 0 Å². The highest BCUT2D eigenvalue weighted by molar-refractivity contribution is 5.78. The smallest absolute Gasteiger partial charge is 0.223 e. The third-order valence-electron chi connectivity index (χ3n) is 5.63. The van der Waals surface area contributed by atoms with E-state index in [9.17, 15) is 4.79 Å². The molecule has 3 N–H and O–H groups in total. The summed E-state index contributed by atoms with van der Waals surface area (Å²) in [4.78, 5) is 12.3. The highest BCUT2D eigenvalue weighted by Gasteiger charge is 2.27. The quantitative estimate of drug-likeness (QED) is 0.788. The molecule has 0 saturated heterocycles. The van der Waals surface area contributed by atoms with E-state index in [4.69, 9.17) is 5.73 Å². The van der Waals surface area contributed by atoms with Crippen LogP contribution in [-0.4, -0.2) is 19.0 Å². The van der Waals surface area contributed by atoms with Crippen LogP contribution in [-0.2, 0) is 4.79 Å². The van der Waals surface area contributed by atoms with Crippen molar-refractivity contribution in [1.29, 1.82) is 0 Å². The van der Waals surface area contributed by atoms with Crippen molar-refractivity contribution in [3.63, 3.8) is 0 Å². The van der Waals surface area contributed by atoms with Crippen LogP contribution in [0.1, 0.15) is 71.1 Å². The van der Waals surface area contributed by atoms with Gasteiger partial charge in [0.2, 0.25) is 5.91 Å². The standard InChI is InChI=1S/C18H34N2O/c1-14-4-2-5-16(12-14)9-11-20-18(21)17-7-3-6-15(13-17)8-10-19/h14-17H,2-13,19H2,1H3,(H,20,21). The normalized spacial score (nSPS) is 33.6. The van der Waals surface area contributed by atoms with Gasteiger partial charge in [-0.05, 0) is 56.4 Å². The second-order valence-corrected chi connectivity index (χ2v) is 7.52. The number of carbonyl (C=O) groups is 1. The van der Waals surface area contributed by atoms with Crippen LogP contribution < -0.4 is 11.1 Å². The van der Waals surface area contributed by atoms with E-state index in [1.165, 1.54) is 44.9 Å². The topological polar surface area (TPSA) is 55.1 Å². The Bertz CT molecular complexity index is 316. The highest BCUT2D eigenvalue weighted by atomic mass is 16.1. The van der Waals surface area contributed by atoms with Gasteiger partial charge in [0, 0.05) is 12.5 Å². The van der Waals surface area contributed by atoms with Gasteiger partial charge in [0.1, 0.15) is 0 Å². The molecule has 1 amide bonds. The van der Waals surface area contributed by atoms with Crippen LogP contribution in [0.15, 0.2) is 0 Å². The van der Waals surface area contributed by atoms with Crippen molar-refractivity contribution in [1.82, 2.24) is 5.32 Å². The molecule has 0 aromatic carbocycles. The fraction of sp³-hybridized carbons (Fsp3) is 0.944. The number of hydrogen-bond acceptors (Lipinski definition) is 2. The average Bonchev–Trinajstić information content (AvgIpc) is 2.48. The van der Waals surface area contributed by atoms with Crippen molar-refractivity contribution in [3.05, 3.63) is 0 Å². The van der Waals surface area contributed by atoms with E-state index in [1.807, 2.05) is 0 Å². The maximum Gasteiger partial charge on any atom is 0.223 e. The van der Waals surface area contributed by atoms with Crippen molar-refractivity contribution in [2.75, 3.05) is 13.1 Å². The first-order valence-corrected chi connectivity index (χ1v) is 9.16. The fourth-order valence-corrected chi connectivity index (χ4v) is 4.39. The zero-order valence-electron chi connectivity index (χ0n) is 13.8. The van der Waals surface area contributed by atoms with E-state index < -0.39 is 0 Å². The van der Waals surface area contributed by atoms with Gasteiger partial charge in [-0.2, -0.15) is 0 Å². The average molecular weight is 294 g/mol. The van der Waals surface area contributed by atoms with Gasteiger partial charge >= 0.3 is 0 Å². The van der Waals surface area contributed by atoms with E-state index in [0.29, 0.717) is 11.8 Å². The van der Waals surface area contributed by atoms with Gasteiger partial charge in [-0.1, -0.05) is 39.0 Å². The summed E-state index contributed by atoms with van der Waals surface area (Å²) in [5.74, 6) is 2.96. The first-order valence-electron chi connectivity index (χ1n) is 9.16. The Hall–Kier alpha value is -0.570. The summed E-state index contributed by atoms with van der Waals surface area (Å²) in [5, 5.41) is 3.21. The fourth-order valence-electron chi connectivity index (χ4n) is 4.39. The summed E-state index contributed by atoms with van der Waals surface area (Å²) in [6.07, 6.45) is 12.4. The van der Waals surface area contributed by atoms with Crippen molar-refractivity contribution in [3.8, 4) is 0 Å². The zero-order valence-corrected chi connectivity index (χ0v) is 13.8. The maximum absolute atomic E-state index is 12.3. The monoisotopic (exact) mass is 294 g/mol. The van der Waals surface area contributed by atoms with Crippen LogP contribution in [0.4, 0.5) is 0 Å². The summed E-state index contributed by atoms with van der Waals surface area (Å²) in [7, 11) is 0. The summed E-state index contributed by atoms with van der Waals surface area (Å²) in [6, 6.07) is 0. The Morgan fingerprint density at radius 2 is 1.76 bits per heavy atom. The minimum absolute atomic E-state index is 0.251. The molecule has 4 atom stereocenters. The predicted molar refractivity (Wildman–Crippen MR) is 87.9 cm³/mol. The van der Waals surface area contributed by atoms with Gasteiger partial charge in [0.25, 0.3) is 0 Å². The number of rotatable bonds is 6. The summed E-state index contributed by atoms with van der Waals surface area (Å²) >= 11 is 0. The summed E-state index contributed by atoms with van der Waals surface area (Å²) in [5.41, 5.74) is 5.65. The largest absolute Gasteiger partial charge is 0.356 e. The first kappa shape index (κ1) is 16.8. The molecule has 4 unspecified atom stereocenters. The van der Waals surface area contributed by atoms with Crippen LogP contribution in [0, 0.1) is 23.7 Å². The molecule has 0 aromatic heterocycles. The van der Waals surface area contributed by atoms with E-state index in [2.05, 4.69) is 12.2 Å². The minimum Gasteiger partial charge on any atom is -0.356 e. The Morgan fingerprint density at radius 3 is 2.48 bits per heavy atom. The maximum atomic E-state index is 12.3. The summed E-state index contributed by atoms with van der Waals surface area (Å²) < 4.78 is 0. The molecule has 2 saturated carbocycles. The Balaban J connectivity index is 1.64. The van der Waals surface area contributed by atoms with Gasteiger partial charge in [-0.15, -0.1) is 0 Å². The Kier molecular flexibility index (Phi) is 7.01. The number of carbonyl (C=O) groups excluding carboxylic acids is 1. The number of nitrogens with one attached hydrogen (secondary N) is 1. The van der Waals surface area contributed by atoms with Crippen molar-refractivity contribution in [2.24, 2.45) is 29.4 Å². The molecule has 2 rings (SSSR count). The van der Waals surface area contributed by atoms with Gasteiger partial charge < -0.3 is 11.1 Å². The molecule has 3 nitrogen and oxygen atoms in total.